The summed E-state index contributed by atoms with van der Waals surface area (Å²) in [7, 11) is 0. The van der Waals surface area contributed by atoms with E-state index in [-0.39, 0.29) is 5.54 Å². The van der Waals surface area contributed by atoms with E-state index >= 15 is 0 Å². The lowest BCUT2D eigenvalue weighted by Gasteiger charge is -2.41. The predicted molar refractivity (Wildman–Crippen MR) is 71.7 cm³/mol. The molecule has 0 aromatic heterocycles. The van der Waals surface area contributed by atoms with E-state index in [1.807, 2.05) is 12.1 Å². The van der Waals surface area contributed by atoms with Crippen molar-refractivity contribution in [2.75, 3.05) is 24.6 Å². The average Bonchev–Trinajstić information content (AvgIpc) is 2.60. The third-order valence-electron chi connectivity index (χ3n) is 3.79. The number of benzene rings is 1. The number of anilines is 1. The fraction of sp³-hybridized carbons (Fsp3) is 0.571. The molecule has 0 bridgehead atoms. The lowest BCUT2D eigenvalue weighted by Crippen LogP contribution is -2.51. The molecule has 1 aliphatic rings. The fourth-order valence-electron chi connectivity index (χ4n) is 2.33. The minimum absolute atomic E-state index is 0.0177. The lowest BCUT2D eigenvalue weighted by molar-refractivity contribution is 0.320. The van der Waals surface area contributed by atoms with Gasteiger partial charge in [-0.25, -0.2) is 0 Å². The van der Waals surface area contributed by atoms with Crippen LogP contribution in [-0.2, 0) is 0 Å². The van der Waals surface area contributed by atoms with Gasteiger partial charge in [-0.05, 0) is 31.9 Å². The first-order valence-electron chi connectivity index (χ1n) is 6.41. The molecule has 0 aliphatic carbocycles. The lowest BCUT2D eigenvalue weighted by atomic mass is 9.95. The quantitative estimate of drug-likeness (QED) is 0.872. The van der Waals surface area contributed by atoms with Crippen LogP contribution in [-0.4, -0.2) is 25.2 Å². The number of fused-ring (bicyclic) bond motifs is 1. The van der Waals surface area contributed by atoms with E-state index in [2.05, 4.69) is 30.9 Å². The summed E-state index contributed by atoms with van der Waals surface area (Å²) in [4.78, 5) is 2.41. The first-order valence-corrected chi connectivity index (χ1v) is 6.41. The standard InChI is InChI=1S/C14H22N2O/c1-3-14(2,11-15)16-9-6-10-17-13-8-5-4-7-12(13)16/h4-5,7-8H,3,6,9-11,15H2,1-2H3. The van der Waals surface area contributed by atoms with Gasteiger partial charge in [0, 0.05) is 18.6 Å². The van der Waals surface area contributed by atoms with E-state index in [9.17, 15) is 0 Å². The summed E-state index contributed by atoms with van der Waals surface area (Å²) in [5, 5.41) is 0. The summed E-state index contributed by atoms with van der Waals surface area (Å²) in [5.74, 6) is 0.984. The zero-order valence-electron chi connectivity index (χ0n) is 10.8. The van der Waals surface area contributed by atoms with Crippen molar-refractivity contribution in [3.05, 3.63) is 24.3 Å². The fourth-order valence-corrected chi connectivity index (χ4v) is 2.33. The maximum absolute atomic E-state index is 5.97. The highest BCUT2D eigenvalue weighted by Crippen LogP contribution is 2.35. The molecule has 0 saturated carbocycles. The smallest absolute Gasteiger partial charge is 0.142 e. The van der Waals surface area contributed by atoms with E-state index in [0.717, 1.165) is 31.7 Å². The van der Waals surface area contributed by atoms with Crippen molar-refractivity contribution in [2.24, 2.45) is 5.73 Å². The number of hydrogen-bond acceptors (Lipinski definition) is 3. The van der Waals surface area contributed by atoms with Crippen LogP contribution in [0, 0.1) is 0 Å². The Labute approximate surface area is 104 Å². The van der Waals surface area contributed by atoms with Crippen molar-refractivity contribution in [3.8, 4) is 5.75 Å². The van der Waals surface area contributed by atoms with Gasteiger partial charge in [0.25, 0.3) is 0 Å². The second kappa shape index (κ2) is 4.96. The minimum Gasteiger partial charge on any atom is -0.491 e. The number of nitrogens with zero attached hydrogens (tertiary/aromatic N) is 1. The number of nitrogens with two attached hydrogens (primary N) is 1. The monoisotopic (exact) mass is 234 g/mol. The molecule has 0 saturated heterocycles. The largest absolute Gasteiger partial charge is 0.491 e. The molecule has 3 nitrogen and oxygen atoms in total. The van der Waals surface area contributed by atoms with Crippen molar-refractivity contribution >= 4 is 5.69 Å². The zero-order valence-corrected chi connectivity index (χ0v) is 10.8. The summed E-state index contributed by atoms with van der Waals surface area (Å²) in [6, 6.07) is 8.26. The molecule has 0 amide bonds. The van der Waals surface area contributed by atoms with Crippen LogP contribution in [0.5, 0.6) is 5.75 Å². The van der Waals surface area contributed by atoms with Gasteiger partial charge < -0.3 is 15.4 Å². The van der Waals surface area contributed by atoms with Gasteiger partial charge in [0.15, 0.2) is 0 Å². The van der Waals surface area contributed by atoms with Gasteiger partial charge in [0.05, 0.1) is 12.3 Å². The van der Waals surface area contributed by atoms with Gasteiger partial charge in [0.2, 0.25) is 0 Å². The first kappa shape index (κ1) is 12.2. The Bertz CT molecular complexity index is 374. The second-order valence-electron chi connectivity index (χ2n) is 4.88. The molecule has 1 aromatic rings. The van der Waals surface area contributed by atoms with E-state index < -0.39 is 0 Å². The number of hydrogen-bond donors (Lipinski definition) is 1. The second-order valence-corrected chi connectivity index (χ2v) is 4.88. The molecule has 1 atom stereocenters. The zero-order chi connectivity index (χ0) is 12.3. The van der Waals surface area contributed by atoms with Gasteiger partial charge in [-0.3, -0.25) is 0 Å². The van der Waals surface area contributed by atoms with E-state index in [1.165, 1.54) is 5.69 Å². The van der Waals surface area contributed by atoms with Crippen LogP contribution in [0.15, 0.2) is 24.3 Å². The molecule has 17 heavy (non-hydrogen) atoms. The van der Waals surface area contributed by atoms with Gasteiger partial charge in [-0.15, -0.1) is 0 Å². The Morgan fingerprint density at radius 2 is 2.18 bits per heavy atom. The maximum Gasteiger partial charge on any atom is 0.142 e. The Kier molecular flexibility index (Phi) is 3.57. The van der Waals surface area contributed by atoms with Crippen LogP contribution < -0.4 is 15.4 Å². The topological polar surface area (TPSA) is 38.5 Å². The van der Waals surface area contributed by atoms with E-state index in [4.69, 9.17) is 10.5 Å². The normalized spacial score (nSPS) is 18.9. The molecule has 1 heterocycles. The van der Waals surface area contributed by atoms with Crippen molar-refractivity contribution < 1.29 is 4.74 Å². The summed E-state index contributed by atoms with van der Waals surface area (Å²) in [6.07, 6.45) is 2.09. The summed E-state index contributed by atoms with van der Waals surface area (Å²) in [6.45, 7) is 6.89. The van der Waals surface area contributed by atoms with Gasteiger partial charge in [-0.2, -0.15) is 0 Å². The van der Waals surface area contributed by atoms with E-state index in [1.54, 1.807) is 0 Å². The summed E-state index contributed by atoms with van der Waals surface area (Å²) < 4.78 is 5.78. The molecule has 1 aromatic carbocycles. The van der Waals surface area contributed by atoms with E-state index in [0.29, 0.717) is 6.54 Å². The van der Waals surface area contributed by atoms with Crippen molar-refractivity contribution in [1.82, 2.24) is 0 Å². The summed E-state index contributed by atoms with van der Waals surface area (Å²) in [5.41, 5.74) is 7.17. The molecular weight excluding hydrogens is 212 g/mol. The third-order valence-corrected chi connectivity index (χ3v) is 3.79. The van der Waals surface area contributed by atoms with Crippen LogP contribution in [0.4, 0.5) is 5.69 Å². The Morgan fingerprint density at radius 3 is 2.88 bits per heavy atom. The Balaban J connectivity index is 2.41. The van der Waals surface area contributed by atoms with Crippen molar-refractivity contribution in [2.45, 2.75) is 32.2 Å². The molecule has 0 fully saturated rings. The molecule has 94 valence electrons. The van der Waals surface area contributed by atoms with Gasteiger partial charge in [0.1, 0.15) is 5.75 Å². The predicted octanol–water partition coefficient (Wildman–Crippen LogP) is 2.40. The third kappa shape index (κ3) is 2.25. The summed E-state index contributed by atoms with van der Waals surface area (Å²) >= 11 is 0. The molecule has 0 spiro atoms. The Morgan fingerprint density at radius 1 is 1.41 bits per heavy atom. The molecule has 1 aliphatic heterocycles. The highest BCUT2D eigenvalue weighted by atomic mass is 16.5. The highest BCUT2D eigenvalue weighted by Gasteiger charge is 2.31. The molecule has 2 rings (SSSR count). The molecule has 2 N–H and O–H groups in total. The maximum atomic E-state index is 5.97. The van der Waals surface area contributed by atoms with Crippen molar-refractivity contribution in [1.29, 1.82) is 0 Å². The number of rotatable bonds is 3. The van der Waals surface area contributed by atoms with Crippen LogP contribution >= 0.6 is 0 Å². The molecule has 3 heteroatoms. The van der Waals surface area contributed by atoms with Crippen LogP contribution in [0.3, 0.4) is 0 Å². The highest BCUT2D eigenvalue weighted by molar-refractivity contribution is 5.60. The molecular formula is C14H22N2O. The minimum atomic E-state index is 0.0177. The Hall–Kier alpha value is -1.22. The van der Waals surface area contributed by atoms with Crippen LogP contribution in [0.2, 0.25) is 0 Å². The average molecular weight is 234 g/mol. The number of para-hydroxylation sites is 2. The van der Waals surface area contributed by atoms with Crippen LogP contribution in [0.25, 0.3) is 0 Å². The van der Waals surface area contributed by atoms with Gasteiger partial charge in [-0.1, -0.05) is 19.1 Å². The number of ether oxygens (including phenoxy) is 1. The SMILES string of the molecule is CCC(C)(CN)N1CCCOc2ccccc21. The molecule has 1 unspecified atom stereocenters. The van der Waals surface area contributed by atoms with Crippen molar-refractivity contribution in [3.63, 3.8) is 0 Å². The molecule has 0 radical (unpaired) electrons. The first-order chi connectivity index (χ1) is 8.21. The van der Waals surface area contributed by atoms with Gasteiger partial charge >= 0.3 is 0 Å². The van der Waals surface area contributed by atoms with Crippen LogP contribution in [0.1, 0.15) is 26.7 Å².